The molecule has 0 unspecified atom stereocenters. The molecular weight excluding hydrogens is 348 g/mol. The van der Waals surface area contributed by atoms with E-state index in [9.17, 15) is 9.59 Å². The number of esters is 1. The van der Waals surface area contributed by atoms with Gasteiger partial charge in [0.15, 0.2) is 6.61 Å². The fraction of sp³-hybridized carbons (Fsp3) is 0.450. The van der Waals surface area contributed by atoms with Gasteiger partial charge in [0.25, 0.3) is 5.91 Å². The van der Waals surface area contributed by atoms with Gasteiger partial charge in [0.2, 0.25) is 0 Å². The molecule has 1 amide bonds. The van der Waals surface area contributed by atoms with Crippen LogP contribution in [0.15, 0.2) is 30.3 Å². The van der Waals surface area contributed by atoms with Crippen LogP contribution in [0.25, 0.3) is 10.6 Å². The van der Waals surface area contributed by atoms with Crippen molar-refractivity contribution in [3.8, 4) is 10.6 Å². The van der Waals surface area contributed by atoms with Crippen LogP contribution in [0, 0.1) is 12.8 Å². The number of carbonyl (C=O) groups excluding carboxylic acids is 2. The molecule has 3 rings (SSSR count). The highest BCUT2D eigenvalue weighted by atomic mass is 32.1. The Bertz CT molecular complexity index is 752. The van der Waals surface area contributed by atoms with Gasteiger partial charge in [0.1, 0.15) is 9.88 Å². The lowest BCUT2D eigenvalue weighted by molar-refractivity contribution is -0.124. The molecule has 6 heteroatoms. The molecule has 0 saturated heterocycles. The summed E-state index contributed by atoms with van der Waals surface area (Å²) in [5, 5.41) is 3.65. The molecule has 1 aliphatic rings. The van der Waals surface area contributed by atoms with Crippen molar-refractivity contribution in [2.45, 2.75) is 39.0 Å². The van der Waals surface area contributed by atoms with Crippen LogP contribution in [0.5, 0.6) is 0 Å². The summed E-state index contributed by atoms with van der Waals surface area (Å²) < 4.78 is 5.18. The van der Waals surface area contributed by atoms with E-state index in [0.717, 1.165) is 10.6 Å². The molecule has 5 nitrogen and oxygen atoms in total. The first-order valence-corrected chi connectivity index (χ1v) is 9.92. The molecule has 1 heterocycles. The average molecular weight is 372 g/mol. The summed E-state index contributed by atoms with van der Waals surface area (Å²) in [7, 11) is 0. The normalized spacial score (nSPS) is 14.8. The Morgan fingerprint density at radius 1 is 1.19 bits per heavy atom. The van der Waals surface area contributed by atoms with Crippen LogP contribution in [-0.2, 0) is 9.53 Å². The van der Waals surface area contributed by atoms with Gasteiger partial charge in [-0.2, -0.15) is 0 Å². The number of thiazole rings is 1. The Balaban J connectivity index is 1.50. The molecule has 1 aliphatic carbocycles. The molecule has 1 aromatic carbocycles. The zero-order valence-corrected chi connectivity index (χ0v) is 15.8. The van der Waals surface area contributed by atoms with E-state index in [-0.39, 0.29) is 12.5 Å². The highest BCUT2D eigenvalue weighted by Gasteiger charge is 2.19. The van der Waals surface area contributed by atoms with Crippen molar-refractivity contribution in [3.05, 3.63) is 40.9 Å². The fourth-order valence-corrected chi connectivity index (χ4v) is 4.15. The van der Waals surface area contributed by atoms with E-state index in [0.29, 0.717) is 23.0 Å². The largest absolute Gasteiger partial charge is 0.451 e. The third-order valence-corrected chi connectivity index (χ3v) is 5.84. The van der Waals surface area contributed by atoms with Crippen molar-refractivity contribution in [1.29, 1.82) is 0 Å². The molecule has 0 radical (unpaired) electrons. The van der Waals surface area contributed by atoms with Gasteiger partial charge in [-0.25, -0.2) is 9.78 Å². The van der Waals surface area contributed by atoms with Gasteiger partial charge >= 0.3 is 5.97 Å². The molecule has 26 heavy (non-hydrogen) atoms. The first-order valence-electron chi connectivity index (χ1n) is 9.10. The van der Waals surface area contributed by atoms with Gasteiger partial charge in [-0.3, -0.25) is 4.79 Å². The van der Waals surface area contributed by atoms with E-state index in [1.807, 2.05) is 30.3 Å². The highest BCUT2D eigenvalue weighted by Crippen LogP contribution is 2.28. The zero-order valence-electron chi connectivity index (χ0n) is 15.0. The summed E-state index contributed by atoms with van der Waals surface area (Å²) in [6.07, 6.45) is 6.11. The maximum Gasteiger partial charge on any atom is 0.350 e. The summed E-state index contributed by atoms with van der Waals surface area (Å²) in [5.41, 5.74) is 1.59. The number of nitrogens with zero attached hydrogens (tertiary/aromatic N) is 1. The van der Waals surface area contributed by atoms with Crippen molar-refractivity contribution in [2.75, 3.05) is 13.2 Å². The Morgan fingerprint density at radius 3 is 2.65 bits per heavy atom. The second-order valence-corrected chi connectivity index (χ2v) is 7.68. The Morgan fingerprint density at radius 2 is 1.92 bits per heavy atom. The predicted molar refractivity (Wildman–Crippen MR) is 102 cm³/mol. The molecule has 138 valence electrons. The van der Waals surface area contributed by atoms with Crippen LogP contribution in [0.4, 0.5) is 0 Å². The number of amides is 1. The smallest absolute Gasteiger partial charge is 0.350 e. The number of hydrogen-bond acceptors (Lipinski definition) is 5. The number of hydrogen-bond donors (Lipinski definition) is 1. The van der Waals surface area contributed by atoms with Gasteiger partial charge in [0, 0.05) is 12.1 Å². The highest BCUT2D eigenvalue weighted by molar-refractivity contribution is 7.17. The average Bonchev–Trinajstić information content (AvgIpc) is 3.08. The minimum atomic E-state index is -0.491. The minimum Gasteiger partial charge on any atom is -0.451 e. The van der Waals surface area contributed by atoms with Crippen molar-refractivity contribution < 1.29 is 14.3 Å². The first kappa shape index (κ1) is 18.6. The quantitative estimate of drug-likeness (QED) is 0.779. The standard InChI is InChI=1S/C20H24N2O3S/c1-14-18(26-19(22-14)16-10-6-3-7-11-16)20(24)25-13-17(23)21-12-15-8-4-2-5-9-15/h3,6-7,10-11,15H,2,4-5,8-9,12-13H2,1H3,(H,21,23). The third kappa shape index (κ3) is 4.91. The van der Waals surface area contributed by atoms with Crippen LogP contribution < -0.4 is 5.32 Å². The minimum absolute atomic E-state index is 0.241. The van der Waals surface area contributed by atoms with Crippen molar-refractivity contribution >= 4 is 23.2 Å². The zero-order chi connectivity index (χ0) is 18.4. The summed E-state index contributed by atoms with van der Waals surface area (Å²) in [6, 6.07) is 9.70. The topological polar surface area (TPSA) is 68.3 Å². The lowest BCUT2D eigenvalue weighted by Gasteiger charge is -2.21. The molecule has 1 aromatic heterocycles. The van der Waals surface area contributed by atoms with E-state index >= 15 is 0 Å². The van der Waals surface area contributed by atoms with E-state index in [2.05, 4.69) is 10.3 Å². The summed E-state index contributed by atoms with van der Waals surface area (Å²) in [5.74, 6) is -0.176. The maximum atomic E-state index is 12.3. The van der Waals surface area contributed by atoms with E-state index < -0.39 is 5.97 Å². The lowest BCUT2D eigenvalue weighted by atomic mass is 9.89. The summed E-state index contributed by atoms with van der Waals surface area (Å²) >= 11 is 1.29. The summed E-state index contributed by atoms with van der Waals surface area (Å²) in [4.78, 5) is 29.1. The first-order chi connectivity index (χ1) is 12.6. The predicted octanol–water partition coefficient (Wildman–Crippen LogP) is 3.97. The summed E-state index contributed by atoms with van der Waals surface area (Å²) in [6.45, 7) is 2.21. The van der Waals surface area contributed by atoms with Crippen LogP contribution in [-0.4, -0.2) is 30.0 Å². The van der Waals surface area contributed by atoms with Crippen LogP contribution >= 0.6 is 11.3 Å². The van der Waals surface area contributed by atoms with Gasteiger partial charge < -0.3 is 10.1 Å². The number of nitrogens with one attached hydrogen (secondary N) is 1. The molecule has 0 aliphatic heterocycles. The van der Waals surface area contributed by atoms with Gasteiger partial charge in [-0.1, -0.05) is 49.6 Å². The monoisotopic (exact) mass is 372 g/mol. The Labute approximate surface area is 157 Å². The number of carbonyl (C=O) groups is 2. The lowest BCUT2D eigenvalue weighted by Crippen LogP contribution is -2.33. The molecule has 0 bridgehead atoms. The molecule has 2 aromatic rings. The Kier molecular flexibility index (Phi) is 6.39. The maximum absolute atomic E-state index is 12.3. The second kappa shape index (κ2) is 8.94. The number of aryl methyl sites for hydroxylation is 1. The third-order valence-electron chi connectivity index (χ3n) is 4.65. The van der Waals surface area contributed by atoms with Crippen LogP contribution in [0.2, 0.25) is 0 Å². The molecule has 1 fully saturated rings. The number of aromatic nitrogens is 1. The van der Waals surface area contributed by atoms with E-state index in [1.165, 1.54) is 43.4 Å². The fourth-order valence-electron chi connectivity index (χ4n) is 3.19. The van der Waals surface area contributed by atoms with Crippen LogP contribution in [0.1, 0.15) is 47.5 Å². The van der Waals surface area contributed by atoms with E-state index in [4.69, 9.17) is 4.74 Å². The number of ether oxygens (including phenoxy) is 1. The SMILES string of the molecule is Cc1nc(-c2ccccc2)sc1C(=O)OCC(=O)NCC1CCCCC1. The van der Waals surface area contributed by atoms with Gasteiger partial charge in [-0.05, 0) is 25.7 Å². The molecule has 1 N–H and O–H groups in total. The molecule has 0 spiro atoms. The van der Waals surface area contributed by atoms with Crippen LogP contribution in [0.3, 0.4) is 0 Å². The number of benzene rings is 1. The van der Waals surface area contributed by atoms with Crippen molar-refractivity contribution in [3.63, 3.8) is 0 Å². The Hall–Kier alpha value is -2.21. The van der Waals surface area contributed by atoms with Crippen molar-refractivity contribution in [2.24, 2.45) is 5.92 Å². The number of rotatable bonds is 6. The van der Waals surface area contributed by atoms with Crippen molar-refractivity contribution in [1.82, 2.24) is 10.3 Å². The molecular formula is C20H24N2O3S. The molecule has 0 atom stereocenters. The van der Waals surface area contributed by atoms with E-state index in [1.54, 1.807) is 6.92 Å². The van der Waals surface area contributed by atoms with Gasteiger partial charge in [-0.15, -0.1) is 11.3 Å². The van der Waals surface area contributed by atoms with Gasteiger partial charge in [0.05, 0.1) is 5.69 Å². The second-order valence-electron chi connectivity index (χ2n) is 6.68. The molecule has 1 saturated carbocycles.